The lowest BCUT2D eigenvalue weighted by Crippen LogP contribution is -2.18. The fourth-order valence-corrected chi connectivity index (χ4v) is 4.84. The molecule has 0 saturated heterocycles. The minimum atomic E-state index is -3.47. The van der Waals surface area contributed by atoms with Crippen molar-refractivity contribution in [1.29, 1.82) is 0 Å². The topological polar surface area (TPSA) is 88.2 Å². The molecule has 0 bridgehead atoms. The second-order valence-corrected chi connectivity index (χ2v) is 10.0. The Morgan fingerprint density at radius 1 is 1.00 bits per heavy atom. The molecule has 4 aromatic rings. The zero-order valence-corrected chi connectivity index (χ0v) is 18.9. The third kappa shape index (κ3) is 5.28. The highest BCUT2D eigenvalue weighted by Gasteiger charge is 2.10. The number of para-hydroxylation sites is 1. The van der Waals surface area contributed by atoms with Crippen LogP contribution < -0.4 is 10.0 Å². The second kappa shape index (κ2) is 9.44. The number of carbonyl (C=O) groups is 1. The van der Waals surface area contributed by atoms with Crippen LogP contribution in [0.3, 0.4) is 0 Å². The van der Waals surface area contributed by atoms with Crippen LogP contribution in [0.25, 0.3) is 16.3 Å². The summed E-state index contributed by atoms with van der Waals surface area (Å²) in [6, 6.07) is 22.1. The van der Waals surface area contributed by atoms with Gasteiger partial charge in [0.1, 0.15) is 0 Å². The van der Waals surface area contributed by atoms with Gasteiger partial charge in [-0.15, -0.1) is 11.3 Å². The highest BCUT2D eigenvalue weighted by atomic mass is 32.2. The van der Waals surface area contributed by atoms with E-state index < -0.39 is 10.0 Å². The molecule has 0 spiro atoms. The van der Waals surface area contributed by atoms with Gasteiger partial charge in [0.2, 0.25) is 15.9 Å². The van der Waals surface area contributed by atoms with Crippen molar-refractivity contribution >= 4 is 49.2 Å². The lowest BCUT2D eigenvalue weighted by Gasteiger charge is -2.04. The van der Waals surface area contributed by atoms with Crippen molar-refractivity contribution in [2.24, 2.45) is 0 Å². The molecule has 0 fully saturated rings. The van der Waals surface area contributed by atoms with Crippen molar-refractivity contribution in [3.8, 4) is 0 Å². The first kappa shape index (κ1) is 21.9. The summed E-state index contributed by atoms with van der Waals surface area (Å²) in [6.07, 6.45) is 3.79. The minimum Gasteiger partial charge on any atom is -0.323 e. The van der Waals surface area contributed by atoms with E-state index in [-0.39, 0.29) is 10.8 Å². The summed E-state index contributed by atoms with van der Waals surface area (Å²) < 4.78 is 26.9. The molecule has 0 radical (unpaired) electrons. The van der Waals surface area contributed by atoms with Crippen LogP contribution in [0.1, 0.15) is 16.1 Å². The van der Waals surface area contributed by atoms with Crippen LogP contribution >= 0.6 is 11.3 Å². The summed E-state index contributed by atoms with van der Waals surface area (Å²) >= 11 is 1.69. The smallest absolute Gasteiger partial charge is 0.248 e. The van der Waals surface area contributed by atoms with Gasteiger partial charge in [-0.2, -0.15) is 0 Å². The molecule has 0 aliphatic heterocycles. The van der Waals surface area contributed by atoms with Crippen molar-refractivity contribution in [3.63, 3.8) is 0 Å². The van der Waals surface area contributed by atoms with Crippen LogP contribution in [0.5, 0.6) is 0 Å². The number of amides is 1. The highest BCUT2D eigenvalue weighted by Crippen LogP contribution is 2.24. The van der Waals surface area contributed by atoms with Crippen molar-refractivity contribution in [2.75, 3.05) is 12.4 Å². The van der Waals surface area contributed by atoms with E-state index in [2.05, 4.69) is 21.1 Å². The van der Waals surface area contributed by atoms with E-state index in [0.717, 1.165) is 28.1 Å². The summed E-state index contributed by atoms with van der Waals surface area (Å²) in [6.45, 7) is 0. The molecule has 0 aliphatic rings. The van der Waals surface area contributed by atoms with E-state index in [1.54, 1.807) is 29.5 Å². The Labute approximate surface area is 190 Å². The maximum Gasteiger partial charge on any atom is 0.248 e. The molecule has 0 unspecified atom stereocenters. The first-order valence-corrected chi connectivity index (χ1v) is 12.2. The first-order chi connectivity index (χ1) is 15.4. The molecule has 3 aromatic carbocycles. The van der Waals surface area contributed by atoms with E-state index in [0.29, 0.717) is 5.69 Å². The maximum absolute atomic E-state index is 12.2. The number of hydrogen-bond acceptors (Lipinski definition) is 5. The summed E-state index contributed by atoms with van der Waals surface area (Å²) in [5, 5.41) is 3.88. The molecule has 0 aliphatic carbocycles. The fraction of sp³-hybridized carbons (Fsp3) is 0.0833. The number of benzene rings is 3. The minimum absolute atomic E-state index is 0.174. The largest absolute Gasteiger partial charge is 0.323 e. The van der Waals surface area contributed by atoms with Gasteiger partial charge in [-0.1, -0.05) is 36.4 Å². The Bertz CT molecular complexity index is 1340. The molecular weight excluding hydrogens is 442 g/mol. The first-order valence-electron chi connectivity index (χ1n) is 9.89. The fourth-order valence-electron chi connectivity index (χ4n) is 3.11. The number of thiazole rings is 1. The molecule has 32 heavy (non-hydrogen) atoms. The van der Waals surface area contributed by atoms with Gasteiger partial charge in [-0.05, 0) is 60.6 Å². The zero-order chi connectivity index (χ0) is 22.6. The van der Waals surface area contributed by atoms with Crippen LogP contribution in [0.4, 0.5) is 5.69 Å². The molecule has 1 heterocycles. The SMILES string of the molecule is CNS(=O)(=O)c1ccc(/C=C/C(=O)Nc2ccc(Cc3nc4ccccc4s3)cc2)cc1. The summed E-state index contributed by atoms with van der Waals surface area (Å²) in [5.41, 5.74) is 3.56. The standard InChI is InChI=1S/C24H21N3O3S2/c1-25-32(29,30)20-13-8-17(9-14-20)10-15-23(28)26-19-11-6-18(7-12-19)16-24-27-21-4-2-3-5-22(21)31-24/h2-15,25H,16H2,1H3,(H,26,28)/b15-10+. The molecule has 0 saturated carbocycles. The maximum atomic E-state index is 12.2. The normalized spacial score (nSPS) is 11.8. The summed E-state index contributed by atoms with van der Waals surface area (Å²) in [5.74, 6) is -0.268. The summed E-state index contributed by atoms with van der Waals surface area (Å²) in [4.78, 5) is 17.1. The number of nitrogens with one attached hydrogen (secondary N) is 2. The van der Waals surface area contributed by atoms with Crippen LogP contribution in [-0.4, -0.2) is 26.4 Å². The van der Waals surface area contributed by atoms with E-state index in [1.807, 2.05) is 42.5 Å². The molecular formula is C24H21N3O3S2. The van der Waals surface area contributed by atoms with Crippen LogP contribution in [-0.2, 0) is 21.2 Å². The highest BCUT2D eigenvalue weighted by molar-refractivity contribution is 7.89. The molecule has 6 nitrogen and oxygen atoms in total. The molecule has 1 amide bonds. The number of carbonyl (C=O) groups excluding carboxylic acids is 1. The number of anilines is 1. The van der Waals surface area contributed by atoms with E-state index >= 15 is 0 Å². The number of aromatic nitrogens is 1. The quantitative estimate of drug-likeness (QED) is 0.397. The van der Waals surface area contributed by atoms with Gasteiger partial charge in [0, 0.05) is 18.2 Å². The number of rotatable bonds is 7. The predicted octanol–water partition coefficient (Wildman–Crippen LogP) is 4.45. The van der Waals surface area contributed by atoms with Crippen LogP contribution in [0.2, 0.25) is 0 Å². The summed E-state index contributed by atoms with van der Waals surface area (Å²) in [7, 11) is -2.11. The lowest BCUT2D eigenvalue weighted by molar-refractivity contribution is -0.111. The van der Waals surface area contributed by atoms with Crippen LogP contribution in [0.15, 0.2) is 83.8 Å². The Morgan fingerprint density at radius 3 is 2.41 bits per heavy atom. The van der Waals surface area contributed by atoms with E-state index in [4.69, 9.17) is 0 Å². The number of sulfonamides is 1. The van der Waals surface area contributed by atoms with Gasteiger partial charge in [0.05, 0.1) is 20.1 Å². The Hall–Kier alpha value is -3.33. The average Bonchev–Trinajstić information content (AvgIpc) is 3.21. The van der Waals surface area contributed by atoms with Crippen molar-refractivity contribution in [2.45, 2.75) is 11.3 Å². The van der Waals surface area contributed by atoms with Gasteiger partial charge in [-0.3, -0.25) is 4.79 Å². The van der Waals surface area contributed by atoms with E-state index in [9.17, 15) is 13.2 Å². The number of fused-ring (bicyclic) bond motifs is 1. The molecule has 4 rings (SSSR count). The van der Waals surface area contributed by atoms with Crippen molar-refractivity contribution in [3.05, 3.63) is 95.0 Å². The lowest BCUT2D eigenvalue weighted by atomic mass is 10.1. The zero-order valence-electron chi connectivity index (χ0n) is 17.3. The third-order valence-corrected chi connectivity index (χ3v) is 7.27. The van der Waals surface area contributed by atoms with Gasteiger partial charge in [0.25, 0.3) is 0 Å². The van der Waals surface area contributed by atoms with Crippen LogP contribution in [0, 0.1) is 0 Å². The van der Waals surface area contributed by atoms with Gasteiger partial charge >= 0.3 is 0 Å². The average molecular weight is 464 g/mol. The van der Waals surface area contributed by atoms with E-state index in [1.165, 1.54) is 30.0 Å². The number of hydrogen-bond donors (Lipinski definition) is 2. The van der Waals surface area contributed by atoms with Crippen molar-refractivity contribution in [1.82, 2.24) is 9.71 Å². The van der Waals surface area contributed by atoms with Crippen molar-refractivity contribution < 1.29 is 13.2 Å². The Balaban J connectivity index is 1.35. The molecule has 8 heteroatoms. The Kier molecular flexibility index (Phi) is 6.45. The van der Waals surface area contributed by atoms with Gasteiger partial charge in [0.15, 0.2) is 0 Å². The third-order valence-electron chi connectivity index (χ3n) is 4.80. The molecule has 2 N–H and O–H groups in total. The molecule has 162 valence electrons. The van der Waals surface area contributed by atoms with Gasteiger partial charge < -0.3 is 5.32 Å². The monoisotopic (exact) mass is 463 g/mol. The Morgan fingerprint density at radius 2 is 1.72 bits per heavy atom. The second-order valence-electron chi connectivity index (χ2n) is 7.05. The number of nitrogens with zero attached hydrogens (tertiary/aromatic N) is 1. The predicted molar refractivity (Wildman–Crippen MR) is 129 cm³/mol. The molecule has 0 atom stereocenters. The van der Waals surface area contributed by atoms with Gasteiger partial charge in [-0.25, -0.2) is 18.1 Å². The molecule has 1 aromatic heterocycles.